The predicted molar refractivity (Wildman–Crippen MR) is 69.6 cm³/mol. The fourth-order valence-electron chi connectivity index (χ4n) is 3.27. The molecule has 0 spiro atoms. The summed E-state index contributed by atoms with van der Waals surface area (Å²) < 4.78 is 0. The Labute approximate surface area is 103 Å². The highest BCUT2D eigenvalue weighted by Gasteiger charge is 2.26. The van der Waals surface area contributed by atoms with E-state index in [2.05, 4.69) is 20.8 Å². The van der Waals surface area contributed by atoms with E-state index in [1.165, 1.54) is 69.8 Å². The molecule has 2 aliphatic rings. The molecule has 1 unspecified atom stereocenters. The van der Waals surface area contributed by atoms with Crippen molar-refractivity contribution in [2.24, 2.45) is 5.92 Å². The van der Waals surface area contributed by atoms with Gasteiger partial charge < -0.3 is 4.90 Å². The number of rotatable bonds is 3. The summed E-state index contributed by atoms with van der Waals surface area (Å²) in [4.78, 5) is 2.80. The lowest BCUT2D eigenvalue weighted by Gasteiger charge is -2.40. The molecular formula is C13H24BrN. The van der Waals surface area contributed by atoms with Gasteiger partial charge in [0, 0.05) is 17.9 Å². The van der Waals surface area contributed by atoms with Crippen molar-refractivity contribution >= 4 is 15.9 Å². The Hall–Kier alpha value is 0.440. The maximum absolute atomic E-state index is 3.58. The molecule has 15 heavy (non-hydrogen) atoms. The van der Waals surface area contributed by atoms with Crippen LogP contribution in [0.15, 0.2) is 0 Å². The van der Waals surface area contributed by atoms with Crippen LogP contribution in [0.25, 0.3) is 0 Å². The summed E-state index contributed by atoms with van der Waals surface area (Å²) in [5.74, 6) is 0.972. The molecule has 1 saturated heterocycles. The van der Waals surface area contributed by atoms with Gasteiger partial charge in [0.25, 0.3) is 0 Å². The van der Waals surface area contributed by atoms with Gasteiger partial charge >= 0.3 is 0 Å². The Bertz CT molecular complexity index is 175. The monoisotopic (exact) mass is 273 g/mol. The van der Waals surface area contributed by atoms with E-state index in [1.54, 1.807) is 0 Å². The van der Waals surface area contributed by atoms with E-state index < -0.39 is 0 Å². The molecule has 1 aliphatic carbocycles. The largest absolute Gasteiger partial charge is 0.300 e. The first kappa shape index (κ1) is 11.9. The Balaban J connectivity index is 1.80. The minimum Gasteiger partial charge on any atom is -0.300 e. The van der Waals surface area contributed by atoms with Crippen molar-refractivity contribution in [2.75, 3.05) is 18.4 Å². The fraction of sp³-hybridized carbons (Fsp3) is 1.00. The summed E-state index contributed by atoms with van der Waals surface area (Å²) in [6.07, 6.45) is 11.7. The average Bonchev–Trinajstić information content (AvgIpc) is 2.31. The van der Waals surface area contributed by atoms with Crippen molar-refractivity contribution in [1.29, 1.82) is 0 Å². The zero-order valence-corrected chi connectivity index (χ0v) is 11.3. The molecule has 0 N–H and O–H groups in total. The molecule has 1 saturated carbocycles. The van der Waals surface area contributed by atoms with Crippen LogP contribution in [-0.4, -0.2) is 29.4 Å². The van der Waals surface area contributed by atoms with Gasteiger partial charge in [-0.2, -0.15) is 0 Å². The lowest BCUT2D eigenvalue weighted by Crippen LogP contribution is -2.43. The zero-order valence-electron chi connectivity index (χ0n) is 9.76. The summed E-state index contributed by atoms with van der Waals surface area (Å²) in [5.41, 5.74) is 0. The third kappa shape index (κ3) is 3.45. The summed E-state index contributed by atoms with van der Waals surface area (Å²) in [5, 5.41) is 1.19. The Morgan fingerprint density at radius 3 is 2.53 bits per heavy atom. The van der Waals surface area contributed by atoms with E-state index in [-0.39, 0.29) is 0 Å². The third-order valence-electron chi connectivity index (χ3n) is 4.16. The maximum Gasteiger partial charge on any atom is 0.00953 e. The number of alkyl halides is 1. The van der Waals surface area contributed by atoms with Crippen LogP contribution in [0.2, 0.25) is 0 Å². The molecule has 2 rings (SSSR count). The van der Waals surface area contributed by atoms with Crippen LogP contribution in [0.1, 0.15) is 51.4 Å². The van der Waals surface area contributed by atoms with Crippen molar-refractivity contribution in [3.8, 4) is 0 Å². The molecule has 0 radical (unpaired) electrons. The molecule has 0 aromatic rings. The SMILES string of the molecule is BrCCC1CCCN(C2CCCCC2)C1. The van der Waals surface area contributed by atoms with Gasteiger partial charge in [-0.05, 0) is 44.6 Å². The average molecular weight is 274 g/mol. The standard InChI is InChI=1S/C13H24BrN/c14-9-8-12-5-4-10-15(11-12)13-6-2-1-3-7-13/h12-13H,1-11H2. The molecule has 1 heterocycles. The summed E-state index contributed by atoms with van der Waals surface area (Å²) in [6.45, 7) is 2.76. The van der Waals surface area contributed by atoms with Gasteiger partial charge in [-0.25, -0.2) is 0 Å². The highest BCUT2D eigenvalue weighted by molar-refractivity contribution is 9.09. The van der Waals surface area contributed by atoms with Crippen molar-refractivity contribution in [1.82, 2.24) is 4.90 Å². The van der Waals surface area contributed by atoms with Gasteiger partial charge in [0.15, 0.2) is 0 Å². The molecule has 1 aliphatic heterocycles. The topological polar surface area (TPSA) is 3.24 Å². The molecule has 0 bridgehead atoms. The van der Waals surface area contributed by atoms with Crippen LogP contribution in [-0.2, 0) is 0 Å². The highest BCUT2D eigenvalue weighted by atomic mass is 79.9. The van der Waals surface area contributed by atoms with Crippen LogP contribution in [0, 0.1) is 5.92 Å². The predicted octanol–water partition coefficient (Wildman–Crippen LogP) is 3.82. The Kier molecular flexibility index (Phi) is 4.96. The normalized spacial score (nSPS) is 30.6. The van der Waals surface area contributed by atoms with Crippen molar-refractivity contribution in [3.63, 3.8) is 0 Å². The van der Waals surface area contributed by atoms with E-state index in [0.717, 1.165) is 12.0 Å². The number of hydrogen-bond acceptors (Lipinski definition) is 1. The molecule has 88 valence electrons. The molecule has 0 amide bonds. The minimum atomic E-state index is 0.942. The van der Waals surface area contributed by atoms with E-state index >= 15 is 0 Å². The smallest absolute Gasteiger partial charge is 0.00953 e. The molecule has 2 heteroatoms. The summed E-state index contributed by atoms with van der Waals surface area (Å²) >= 11 is 3.58. The van der Waals surface area contributed by atoms with Gasteiger partial charge in [0.1, 0.15) is 0 Å². The molecule has 0 aromatic heterocycles. The highest BCUT2D eigenvalue weighted by Crippen LogP contribution is 2.28. The van der Waals surface area contributed by atoms with Crippen LogP contribution in [0.5, 0.6) is 0 Å². The summed E-state index contributed by atoms with van der Waals surface area (Å²) in [6, 6.07) is 0.942. The molecule has 2 fully saturated rings. The first-order valence-electron chi connectivity index (χ1n) is 6.70. The lowest BCUT2D eigenvalue weighted by atomic mass is 9.89. The number of likely N-dealkylation sites (tertiary alicyclic amines) is 1. The maximum atomic E-state index is 3.58. The first-order chi connectivity index (χ1) is 7.40. The van der Waals surface area contributed by atoms with E-state index in [9.17, 15) is 0 Å². The van der Waals surface area contributed by atoms with Crippen LogP contribution in [0.4, 0.5) is 0 Å². The lowest BCUT2D eigenvalue weighted by molar-refractivity contribution is 0.0976. The van der Waals surface area contributed by atoms with Gasteiger partial charge in [-0.3, -0.25) is 0 Å². The number of nitrogens with zero attached hydrogens (tertiary/aromatic N) is 1. The van der Waals surface area contributed by atoms with E-state index in [1.807, 2.05) is 0 Å². The van der Waals surface area contributed by atoms with Crippen molar-refractivity contribution in [3.05, 3.63) is 0 Å². The number of piperidine rings is 1. The number of hydrogen-bond donors (Lipinski definition) is 0. The summed E-state index contributed by atoms with van der Waals surface area (Å²) in [7, 11) is 0. The second-order valence-electron chi connectivity index (χ2n) is 5.27. The first-order valence-corrected chi connectivity index (χ1v) is 7.82. The fourth-order valence-corrected chi connectivity index (χ4v) is 3.91. The van der Waals surface area contributed by atoms with Crippen LogP contribution in [0.3, 0.4) is 0 Å². The number of halogens is 1. The Morgan fingerprint density at radius 1 is 1.00 bits per heavy atom. The van der Waals surface area contributed by atoms with E-state index in [4.69, 9.17) is 0 Å². The van der Waals surface area contributed by atoms with Crippen molar-refractivity contribution in [2.45, 2.75) is 57.4 Å². The zero-order chi connectivity index (χ0) is 10.5. The minimum absolute atomic E-state index is 0.942. The van der Waals surface area contributed by atoms with Crippen LogP contribution < -0.4 is 0 Å². The van der Waals surface area contributed by atoms with Crippen molar-refractivity contribution < 1.29 is 0 Å². The van der Waals surface area contributed by atoms with Gasteiger partial charge in [-0.15, -0.1) is 0 Å². The Morgan fingerprint density at radius 2 is 1.80 bits per heavy atom. The van der Waals surface area contributed by atoms with Gasteiger partial charge in [-0.1, -0.05) is 35.2 Å². The third-order valence-corrected chi connectivity index (χ3v) is 4.62. The van der Waals surface area contributed by atoms with Crippen LogP contribution >= 0.6 is 15.9 Å². The van der Waals surface area contributed by atoms with Gasteiger partial charge in [0.05, 0.1) is 0 Å². The second-order valence-corrected chi connectivity index (χ2v) is 6.07. The molecule has 1 atom stereocenters. The van der Waals surface area contributed by atoms with Gasteiger partial charge in [0.2, 0.25) is 0 Å². The molecular weight excluding hydrogens is 250 g/mol. The second kappa shape index (κ2) is 6.24. The molecule has 0 aromatic carbocycles. The van der Waals surface area contributed by atoms with E-state index in [0.29, 0.717) is 0 Å². The molecule has 1 nitrogen and oxygen atoms in total. The quantitative estimate of drug-likeness (QED) is 0.707.